The summed E-state index contributed by atoms with van der Waals surface area (Å²) in [5.74, 6) is 0.276. The maximum atomic E-state index is 12.9. The number of aryl methyl sites for hydroxylation is 2. The highest BCUT2D eigenvalue weighted by Gasteiger charge is 2.24. The third-order valence-electron chi connectivity index (χ3n) is 5.46. The van der Waals surface area contributed by atoms with Crippen LogP contribution in [0.4, 0.5) is 0 Å². The van der Waals surface area contributed by atoms with Crippen molar-refractivity contribution in [2.24, 2.45) is 13.0 Å². The highest BCUT2D eigenvalue weighted by atomic mass is 16.2. The molecule has 0 atom stereocenters. The molecule has 30 heavy (non-hydrogen) atoms. The summed E-state index contributed by atoms with van der Waals surface area (Å²) in [5.41, 5.74) is 3.00. The van der Waals surface area contributed by atoms with E-state index in [4.69, 9.17) is 0 Å². The van der Waals surface area contributed by atoms with Crippen molar-refractivity contribution in [2.45, 2.75) is 19.8 Å². The first-order valence-corrected chi connectivity index (χ1v) is 9.91. The number of tetrazole rings is 1. The van der Waals surface area contributed by atoms with Gasteiger partial charge in [0.05, 0.1) is 17.4 Å². The van der Waals surface area contributed by atoms with Crippen LogP contribution < -0.4 is 5.32 Å². The topological polar surface area (TPSA) is 111 Å². The SMILES string of the molecule is Cc1cc(C(=O)N2CCC(CNC(=O)c3cnn(C)c3)CC2)ccc1-n1cnnn1. The maximum absolute atomic E-state index is 12.9. The molecule has 1 aliphatic heterocycles. The fourth-order valence-electron chi connectivity index (χ4n) is 3.72. The van der Waals surface area contributed by atoms with Gasteiger partial charge in [0.25, 0.3) is 11.8 Å². The van der Waals surface area contributed by atoms with E-state index in [0.29, 0.717) is 36.7 Å². The van der Waals surface area contributed by atoms with E-state index < -0.39 is 0 Å². The van der Waals surface area contributed by atoms with Crippen LogP contribution in [0.2, 0.25) is 0 Å². The van der Waals surface area contributed by atoms with Crippen LogP contribution in [0.15, 0.2) is 36.9 Å². The van der Waals surface area contributed by atoms with Crippen molar-refractivity contribution in [2.75, 3.05) is 19.6 Å². The number of carbonyl (C=O) groups excluding carboxylic acids is 2. The minimum absolute atomic E-state index is 0.0270. The van der Waals surface area contributed by atoms with Crippen molar-refractivity contribution in [1.82, 2.24) is 40.2 Å². The average molecular weight is 408 g/mol. The molecule has 2 aromatic heterocycles. The molecule has 10 heteroatoms. The molecule has 3 heterocycles. The molecule has 0 aliphatic carbocycles. The summed E-state index contributed by atoms with van der Waals surface area (Å²) in [6, 6.07) is 5.55. The molecule has 1 aromatic carbocycles. The molecule has 1 N–H and O–H groups in total. The third kappa shape index (κ3) is 4.22. The van der Waals surface area contributed by atoms with Crippen molar-refractivity contribution in [3.05, 3.63) is 53.6 Å². The van der Waals surface area contributed by atoms with E-state index in [9.17, 15) is 9.59 Å². The van der Waals surface area contributed by atoms with E-state index in [1.165, 1.54) is 6.33 Å². The van der Waals surface area contributed by atoms with Gasteiger partial charge in [-0.25, -0.2) is 4.68 Å². The summed E-state index contributed by atoms with van der Waals surface area (Å²) in [5, 5.41) is 18.2. The average Bonchev–Trinajstić information content (AvgIpc) is 3.44. The number of nitrogens with one attached hydrogen (secondary N) is 1. The van der Waals surface area contributed by atoms with E-state index in [0.717, 1.165) is 24.1 Å². The van der Waals surface area contributed by atoms with Gasteiger partial charge in [-0.15, -0.1) is 5.10 Å². The lowest BCUT2D eigenvalue weighted by Gasteiger charge is -2.32. The molecule has 4 rings (SSSR count). The smallest absolute Gasteiger partial charge is 0.254 e. The van der Waals surface area contributed by atoms with E-state index in [1.54, 1.807) is 28.8 Å². The minimum Gasteiger partial charge on any atom is -0.352 e. The Bertz CT molecular complexity index is 1040. The quantitative estimate of drug-likeness (QED) is 0.674. The lowest BCUT2D eigenvalue weighted by atomic mass is 9.96. The first kappa shape index (κ1) is 19.7. The molecule has 0 radical (unpaired) electrons. The van der Waals surface area contributed by atoms with E-state index in [-0.39, 0.29) is 11.8 Å². The molecule has 3 aromatic rings. The van der Waals surface area contributed by atoms with Gasteiger partial charge < -0.3 is 10.2 Å². The summed E-state index contributed by atoms with van der Waals surface area (Å²) in [6.07, 6.45) is 6.51. The Morgan fingerprint density at radius 2 is 2.00 bits per heavy atom. The van der Waals surface area contributed by atoms with Crippen LogP contribution in [0.3, 0.4) is 0 Å². The molecule has 0 bridgehead atoms. The predicted molar refractivity (Wildman–Crippen MR) is 108 cm³/mol. The number of aromatic nitrogens is 6. The van der Waals surface area contributed by atoms with Crippen LogP contribution in [0.5, 0.6) is 0 Å². The molecule has 1 fully saturated rings. The number of amides is 2. The fraction of sp³-hybridized carbons (Fsp3) is 0.400. The fourth-order valence-corrected chi connectivity index (χ4v) is 3.72. The molecule has 1 saturated heterocycles. The van der Waals surface area contributed by atoms with Crippen LogP contribution in [0.25, 0.3) is 5.69 Å². The summed E-state index contributed by atoms with van der Waals surface area (Å²) in [6.45, 7) is 3.90. The Balaban J connectivity index is 1.30. The summed E-state index contributed by atoms with van der Waals surface area (Å²) >= 11 is 0. The van der Waals surface area contributed by atoms with Crippen LogP contribution >= 0.6 is 0 Å². The third-order valence-corrected chi connectivity index (χ3v) is 5.46. The lowest BCUT2D eigenvalue weighted by molar-refractivity contribution is 0.0684. The van der Waals surface area contributed by atoms with Crippen molar-refractivity contribution in [1.29, 1.82) is 0 Å². The molecule has 0 unspecified atom stereocenters. The predicted octanol–water partition coefficient (Wildman–Crippen LogP) is 0.986. The van der Waals surface area contributed by atoms with Crippen molar-refractivity contribution in [3.8, 4) is 5.69 Å². The normalized spacial score (nSPS) is 14.7. The monoisotopic (exact) mass is 408 g/mol. The highest BCUT2D eigenvalue weighted by Crippen LogP contribution is 2.21. The van der Waals surface area contributed by atoms with Crippen molar-refractivity contribution < 1.29 is 9.59 Å². The minimum atomic E-state index is -0.111. The largest absolute Gasteiger partial charge is 0.352 e. The molecular formula is C20H24N8O2. The number of carbonyl (C=O) groups is 2. The van der Waals surface area contributed by atoms with Crippen LogP contribution in [-0.4, -0.2) is 66.3 Å². The number of piperidine rings is 1. The maximum Gasteiger partial charge on any atom is 0.254 e. The first-order valence-electron chi connectivity index (χ1n) is 9.91. The van der Waals surface area contributed by atoms with E-state index in [2.05, 4.69) is 25.9 Å². The van der Waals surface area contributed by atoms with Crippen molar-refractivity contribution >= 4 is 11.8 Å². The summed E-state index contributed by atoms with van der Waals surface area (Å²) in [4.78, 5) is 26.9. The Kier molecular flexibility index (Phi) is 5.55. The Morgan fingerprint density at radius 1 is 1.20 bits per heavy atom. The molecule has 1 aliphatic rings. The summed E-state index contributed by atoms with van der Waals surface area (Å²) < 4.78 is 3.19. The molecule has 0 saturated carbocycles. The zero-order valence-electron chi connectivity index (χ0n) is 17.0. The van der Waals surface area contributed by atoms with E-state index in [1.807, 2.05) is 30.0 Å². The van der Waals surface area contributed by atoms with Crippen molar-refractivity contribution in [3.63, 3.8) is 0 Å². The number of rotatable bonds is 5. The van der Waals surface area contributed by atoms with Gasteiger partial charge in [0.15, 0.2) is 0 Å². The number of likely N-dealkylation sites (tertiary alicyclic amines) is 1. The van der Waals surface area contributed by atoms with Gasteiger partial charge in [-0.3, -0.25) is 14.3 Å². The second kappa shape index (κ2) is 8.44. The lowest BCUT2D eigenvalue weighted by Crippen LogP contribution is -2.41. The zero-order chi connectivity index (χ0) is 21.1. The molecular weight excluding hydrogens is 384 g/mol. The highest BCUT2D eigenvalue weighted by molar-refractivity contribution is 5.95. The van der Waals surface area contributed by atoms with Gasteiger partial charge in [-0.05, 0) is 59.9 Å². The second-order valence-corrected chi connectivity index (χ2v) is 7.60. The summed E-state index contributed by atoms with van der Waals surface area (Å²) in [7, 11) is 1.78. The Hall–Kier alpha value is -3.56. The number of hydrogen-bond donors (Lipinski definition) is 1. The van der Waals surface area contributed by atoms with Crippen LogP contribution in [0, 0.1) is 12.8 Å². The molecule has 2 amide bonds. The Morgan fingerprint density at radius 3 is 2.63 bits per heavy atom. The Labute approximate surface area is 173 Å². The molecule has 10 nitrogen and oxygen atoms in total. The van der Waals surface area contributed by atoms with Crippen LogP contribution in [-0.2, 0) is 7.05 Å². The number of hydrogen-bond acceptors (Lipinski definition) is 6. The van der Waals surface area contributed by atoms with Gasteiger partial charge in [-0.1, -0.05) is 0 Å². The van der Waals surface area contributed by atoms with Crippen LogP contribution in [0.1, 0.15) is 39.1 Å². The second-order valence-electron chi connectivity index (χ2n) is 7.60. The number of benzene rings is 1. The van der Waals surface area contributed by atoms with Gasteiger partial charge >= 0.3 is 0 Å². The van der Waals surface area contributed by atoms with Gasteiger partial charge in [0.1, 0.15) is 6.33 Å². The van der Waals surface area contributed by atoms with Gasteiger partial charge in [-0.2, -0.15) is 5.10 Å². The first-order chi connectivity index (χ1) is 14.5. The van der Waals surface area contributed by atoms with Gasteiger partial charge in [0.2, 0.25) is 0 Å². The number of nitrogens with zero attached hydrogens (tertiary/aromatic N) is 7. The molecule has 156 valence electrons. The van der Waals surface area contributed by atoms with E-state index >= 15 is 0 Å². The molecule has 0 spiro atoms. The van der Waals surface area contributed by atoms with Gasteiger partial charge in [0, 0.05) is 38.4 Å². The standard InChI is InChI=1S/C20H24N8O2/c1-14-9-16(3-4-18(14)28-13-22-24-25-28)20(30)27-7-5-15(6-8-27)10-21-19(29)17-11-23-26(2)12-17/h3-4,9,11-13,15H,5-8,10H2,1-2H3,(H,21,29). The zero-order valence-corrected chi connectivity index (χ0v) is 17.0.